The van der Waals surface area contributed by atoms with E-state index < -0.39 is 0 Å². The standard InChI is InChI=1S/C21H23IN4OS/c1-5-26-20(16-8-6-7-13(2)9-16)24-25-21(26)28-12-18(27)23-19-14(3)10-17(22)11-15(19)4/h6-11H,5,12H2,1-4H3,(H,23,27). The van der Waals surface area contributed by atoms with E-state index in [1.54, 1.807) is 0 Å². The predicted octanol–water partition coefficient (Wildman–Crippen LogP) is 5.23. The van der Waals surface area contributed by atoms with Gasteiger partial charge in [0.05, 0.1) is 5.75 Å². The van der Waals surface area contributed by atoms with Crippen molar-refractivity contribution < 1.29 is 4.79 Å². The first kappa shape index (κ1) is 20.9. The Balaban J connectivity index is 1.72. The van der Waals surface area contributed by atoms with Gasteiger partial charge in [0.25, 0.3) is 0 Å². The molecular formula is C21H23IN4OS. The molecule has 7 heteroatoms. The van der Waals surface area contributed by atoms with Gasteiger partial charge in [0.2, 0.25) is 5.91 Å². The van der Waals surface area contributed by atoms with Crippen LogP contribution in [0.25, 0.3) is 11.4 Å². The summed E-state index contributed by atoms with van der Waals surface area (Å²) in [6, 6.07) is 12.3. The number of aryl methyl sites for hydroxylation is 3. The van der Waals surface area contributed by atoms with Crippen LogP contribution < -0.4 is 5.32 Å². The molecule has 0 aliphatic carbocycles. The Labute approximate surface area is 183 Å². The Morgan fingerprint density at radius 3 is 2.50 bits per heavy atom. The maximum absolute atomic E-state index is 12.5. The summed E-state index contributed by atoms with van der Waals surface area (Å²) in [7, 11) is 0. The van der Waals surface area contributed by atoms with Gasteiger partial charge in [-0.15, -0.1) is 10.2 Å². The van der Waals surface area contributed by atoms with Crippen molar-refractivity contribution in [2.45, 2.75) is 39.4 Å². The van der Waals surface area contributed by atoms with Crippen LogP contribution in [-0.2, 0) is 11.3 Å². The normalized spacial score (nSPS) is 10.9. The number of rotatable bonds is 6. The second-order valence-corrected chi connectivity index (χ2v) is 8.86. The van der Waals surface area contributed by atoms with Crippen LogP contribution in [0.5, 0.6) is 0 Å². The second-order valence-electron chi connectivity index (χ2n) is 6.67. The summed E-state index contributed by atoms with van der Waals surface area (Å²) in [4.78, 5) is 12.5. The molecule has 0 spiro atoms. The summed E-state index contributed by atoms with van der Waals surface area (Å²) < 4.78 is 3.22. The number of halogens is 1. The third-order valence-corrected chi connectivity index (χ3v) is 5.99. The van der Waals surface area contributed by atoms with Crippen molar-refractivity contribution >= 4 is 45.9 Å². The Kier molecular flexibility index (Phi) is 6.77. The maximum Gasteiger partial charge on any atom is 0.234 e. The Morgan fingerprint density at radius 1 is 1.14 bits per heavy atom. The number of aromatic nitrogens is 3. The molecule has 1 N–H and O–H groups in total. The average molecular weight is 506 g/mol. The van der Waals surface area contributed by atoms with Gasteiger partial charge in [-0.1, -0.05) is 35.5 Å². The third kappa shape index (κ3) is 4.75. The molecule has 0 aliphatic rings. The van der Waals surface area contributed by atoms with Gasteiger partial charge in [-0.2, -0.15) is 0 Å². The highest BCUT2D eigenvalue weighted by Crippen LogP contribution is 2.26. The lowest BCUT2D eigenvalue weighted by Gasteiger charge is -2.12. The Bertz CT molecular complexity index is 992. The van der Waals surface area contributed by atoms with Crippen molar-refractivity contribution in [2.75, 3.05) is 11.1 Å². The molecule has 0 atom stereocenters. The fraction of sp³-hybridized carbons (Fsp3) is 0.286. The van der Waals surface area contributed by atoms with E-state index >= 15 is 0 Å². The van der Waals surface area contributed by atoms with E-state index in [2.05, 4.69) is 76.2 Å². The van der Waals surface area contributed by atoms with Crippen molar-refractivity contribution in [3.63, 3.8) is 0 Å². The van der Waals surface area contributed by atoms with Crippen LogP contribution in [0.2, 0.25) is 0 Å². The van der Waals surface area contributed by atoms with Crippen LogP contribution in [0.4, 0.5) is 5.69 Å². The first-order chi connectivity index (χ1) is 13.4. The summed E-state index contributed by atoms with van der Waals surface area (Å²) in [5.74, 6) is 1.08. The van der Waals surface area contributed by atoms with Crippen LogP contribution in [-0.4, -0.2) is 26.4 Å². The summed E-state index contributed by atoms with van der Waals surface area (Å²) in [5, 5.41) is 12.5. The van der Waals surface area contributed by atoms with Crippen LogP contribution in [0.15, 0.2) is 41.6 Å². The van der Waals surface area contributed by atoms with Gasteiger partial charge in [-0.3, -0.25) is 4.79 Å². The van der Waals surface area contributed by atoms with Crippen molar-refractivity contribution in [3.8, 4) is 11.4 Å². The fourth-order valence-corrected chi connectivity index (χ4v) is 4.83. The lowest BCUT2D eigenvalue weighted by molar-refractivity contribution is -0.113. The molecule has 3 rings (SSSR count). The number of benzene rings is 2. The smallest absolute Gasteiger partial charge is 0.234 e. The van der Waals surface area contributed by atoms with Crippen LogP contribution >= 0.6 is 34.4 Å². The van der Waals surface area contributed by atoms with E-state index in [0.29, 0.717) is 0 Å². The number of nitrogens with one attached hydrogen (secondary N) is 1. The Morgan fingerprint density at radius 2 is 1.86 bits per heavy atom. The van der Waals surface area contributed by atoms with Gasteiger partial charge >= 0.3 is 0 Å². The molecule has 1 heterocycles. The van der Waals surface area contributed by atoms with Gasteiger partial charge in [0, 0.05) is 21.4 Å². The lowest BCUT2D eigenvalue weighted by atomic mass is 10.1. The number of carbonyl (C=O) groups excluding carboxylic acids is 1. The number of amides is 1. The quantitative estimate of drug-likeness (QED) is 0.368. The summed E-state index contributed by atoms with van der Waals surface area (Å²) in [5.41, 5.74) is 5.25. The van der Waals surface area contributed by atoms with Crippen molar-refractivity contribution in [2.24, 2.45) is 0 Å². The van der Waals surface area contributed by atoms with E-state index in [-0.39, 0.29) is 11.7 Å². The molecule has 146 valence electrons. The highest BCUT2D eigenvalue weighted by Gasteiger charge is 2.15. The van der Waals surface area contributed by atoms with Crippen molar-refractivity contribution in [1.29, 1.82) is 0 Å². The summed E-state index contributed by atoms with van der Waals surface area (Å²) in [6.45, 7) is 8.89. The van der Waals surface area contributed by atoms with Gasteiger partial charge < -0.3 is 9.88 Å². The van der Waals surface area contributed by atoms with Gasteiger partial charge in [0.1, 0.15) is 0 Å². The molecule has 0 aliphatic heterocycles. The molecule has 0 unspecified atom stereocenters. The van der Waals surface area contributed by atoms with Gasteiger partial charge in [-0.05, 0) is 79.6 Å². The highest BCUT2D eigenvalue weighted by molar-refractivity contribution is 14.1. The first-order valence-corrected chi connectivity index (χ1v) is 11.1. The molecule has 3 aromatic rings. The SMILES string of the molecule is CCn1c(SCC(=O)Nc2c(C)cc(I)cc2C)nnc1-c1cccc(C)c1. The molecule has 0 saturated carbocycles. The molecular weight excluding hydrogens is 483 g/mol. The molecule has 2 aromatic carbocycles. The summed E-state index contributed by atoms with van der Waals surface area (Å²) in [6.07, 6.45) is 0. The number of nitrogens with zero attached hydrogens (tertiary/aromatic N) is 3. The highest BCUT2D eigenvalue weighted by atomic mass is 127. The monoisotopic (exact) mass is 506 g/mol. The topological polar surface area (TPSA) is 59.8 Å². The fourth-order valence-electron chi connectivity index (χ4n) is 3.09. The molecule has 0 fully saturated rings. The molecule has 1 aromatic heterocycles. The van der Waals surface area contributed by atoms with Crippen molar-refractivity contribution in [3.05, 3.63) is 56.7 Å². The zero-order valence-corrected chi connectivity index (χ0v) is 19.4. The van der Waals surface area contributed by atoms with E-state index in [0.717, 1.165) is 39.9 Å². The lowest BCUT2D eigenvalue weighted by Crippen LogP contribution is -2.16. The summed E-state index contributed by atoms with van der Waals surface area (Å²) >= 11 is 3.70. The Hall–Kier alpha value is -1.87. The zero-order chi connectivity index (χ0) is 20.3. The minimum absolute atomic E-state index is 0.0415. The molecule has 0 radical (unpaired) electrons. The molecule has 0 saturated heterocycles. The predicted molar refractivity (Wildman–Crippen MR) is 124 cm³/mol. The number of hydrogen-bond acceptors (Lipinski definition) is 4. The number of carbonyl (C=O) groups is 1. The molecule has 5 nitrogen and oxygen atoms in total. The number of thioether (sulfide) groups is 1. The zero-order valence-electron chi connectivity index (χ0n) is 16.4. The molecule has 1 amide bonds. The molecule has 28 heavy (non-hydrogen) atoms. The van der Waals surface area contributed by atoms with Crippen LogP contribution in [0, 0.1) is 24.3 Å². The van der Waals surface area contributed by atoms with Crippen LogP contribution in [0.3, 0.4) is 0 Å². The molecule has 0 bridgehead atoms. The number of hydrogen-bond donors (Lipinski definition) is 1. The van der Waals surface area contributed by atoms with E-state index in [4.69, 9.17) is 0 Å². The van der Waals surface area contributed by atoms with E-state index in [1.807, 2.05) is 30.5 Å². The van der Waals surface area contributed by atoms with Crippen molar-refractivity contribution in [1.82, 2.24) is 14.8 Å². The third-order valence-electron chi connectivity index (χ3n) is 4.40. The van der Waals surface area contributed by atoms with E-state index in [9.17, 15) is 4.79 Å². The van der Waals surface area contributed by atoms with Crippen LogP contribution in [0.1, 0.15) is 23.6 Å². The van der Waals surface area contributed by atoms with Gasteiger partial charge in [0.15, 0.2) is 11.0 Å². The minimum atomic E-state index is -0.0415. The maximum atomic E-state index is 12.5. The first-order valence-electron chi connectivity index (χ1n) is 9.08. The average Bonchev–Trinajstić information content (AvgIpc) is 3.06. The van der Waals surface area contributed by atoms with Gasteiger partial charge in [-0.25, -0.2) is 0 Å². The second kappa shape index (κ2) is 9.09. The van der Waals surface area contributed by atoms with E-state index in [1.165, 1.54) is 20.9 Å². The number of anilines is 1. The minimum Gasteiger partial charge on any atom is -0.325 e. The largest absolute Gasteiger partial charge is 0.325 e.